The third kappa shape index (κ3) is 2.10. The first-order valence-corrected chi connectivity index (χ1v) is 7.34. The summed E-state index contributed by atoms with van der Waals surface area (Å²) in [5.41, 5.74) is 5.88. The van der Waals surface area contributed by atoms with E-state index in [9.17, 15) is 0 Å². The van der Waals surface area contributed by atoms with Crippen LogP contribution in [0.4, 0.5) is 0 Å². The molecule has 0 amide bonds. The lowest BCUT2D eigenvalue weighted by molar-refractivity contribution is 0.905. The fraction of sp³-hybridized carbons (Fsp3) is 0.235. The molecule has 1 aromatic heterocycles. The monoisotopic (exact) mass is 284 g/mol. The van der Waals surface area contributed by atoms with E-state index in [0.29, 0.717) is 5.88 Å². The molecule has 0 radical (unpaired) electrons. The van der Waals surface area contributed by atoms with Gasteiger partial charge in [0, 0.05) is 12.3 Å². The summed E-state index contributed by atoms with van der Waals surface area (Å²) in [6, 6.07) is 14.6. The number of aryl methyl sites for hydroxylation is 3. The van der Waals surface area contributed by atoms with Crippen molar-refractivity contribution >= 4 is 22.6 Å². The van der Waals surface area contributed by atoms with E-state index in [2.05, 4.69) is 60.9 Å². The van der Waals surface area contributed by atoms with Gasteiger partial charge in [-0.15, -0.1) is 11.6 Å². The van der Waals surface area contributed by atoms with Gasteiger partial charge >= 0.3 is 0 Å². The minimum Gasteiger partial charge on any atom is -0.296 e. The van der Waals surface area contributed by atoms with Crippen molar-refractivity contribution in [2.24, 2.45) is 0 Å². The number of hydrogen-bond donors (Lipinski definition) is 0. The number of hydrogen-bond acceptors (Lipinski definition) is 1. The lowest BCUT2D eigenvalue weighted by atomic mass is 10.1. The molecule has 3 rings (SSSR count). The summed E-state index contributed by atoms with van der Waals surface area (Å²) < 4.78 is 2.25. The van der Waals surface area contributed by atoms with Gasteiger partial charge in [0.2, 0.25) is 0 Å². The molecule has 2 nitrogen and oxygen atoms in total. The van der Waals surface area contributed by atoms with Crippen LogP contribution in [-0.4, -0.2) is 15.4 Å². The zero-order valence-electron chi connectivity index (χ0n) is 11.7. The van der Waals surface area contributed by atoms with E-state index in [1.165, 1.54) is 22.3 Å². The van der Waals surface area contributed by atoms with Gasteiger partial charge < -0.3 is 0 Å². The lowest BCUT2D eigenvalue weighted by Crippen LogP contribution is -2.04. The number of halogens is 1. The van der Waals surface area contributed by atoms with Crippen molar-refractivity contribution in [2.75, 3.05) is 5.88 Å². The fourth-order valence-electron chi connectivity index (χ4n) is 2.67. The Labute approximate surface area is 124 Å². The Bertz CT molecular complexity index is 759. The number of nitrogens with zero attached hydrogens (tertiary/aromatic N) is 2. The number of imidazole rings is 1. The molecule has 0 spiro atoms. The zero-order chi connectivity index (χ0) is 14.1. The summed E-state index contributed by atoms with van der Waals surface area (Å²) in [5.74, 6) is 1.60. The SMILES string of the molecule is Cc1ccccc1-n1c(CCCl)nc2cccc(C)c21. The maximum Gasteiger partial charge on any atom is 0.115 e. The maximum absolute atomic E-state index is 5.95. The Morgan fingerprint density at radius 3 is 2.50 bits per heavy atom. The van der Waals surface area contributed by atoms with E-state index < -0.39 is 0 Å². The normalized spacial score (nSPS) is 11.2. The van der Waals surface area contributed by atoms with Crippen LogP contribution in [0.1, 0.15) is 17.0 Å². The minimum atomic E-state index is 0.578. The molecule has 20 heavy (non-hydrogen) atoms. The summed E-state index contributed by atoms with van der Waals surface area (Å²) in [4.78, 5) is 4.76. The van der Waals surface area contributed by atoms with Crippen molar-refractivity contribution in [1.29, 1.82) is 0 Å². The number of aromatic nitrogens is 2. The second kappa shape index (κ2) is 5.29. The van der Waals surface area contributed by atoms with E-state index in [1.807, 2.05) is 0 Å². The highest BCUT2D eigenvalue weighted by Gasteiger charge is 2.14. The largest absolute Gasteiger partial charge is 0.296 e. The third-order valence-corrected chi connectivity index (χ3v) is 3.81. The Kier molecular flexibility index (Phi) is 3.49. The molecule has 0 saturated heterocycles. The van der Waals surface area contributed by atoms with Crippen molar-refractivity contribution < 1.29 is 0 Å². The minimum absolute atomic E-state index is 0.578. The lowest BCUT2D eigenvalue weighted by Gasteiger charge is -2.12. The van der Waals surface area contributed by atoms with Crippen LogP contribution in [0.5, 0.6) is 0 Å². The van der Waals surface area contributed by atoms with Crippen molar-refractivity contribution in [1.82, 2.24) is 9.55 Å². The molecule has 0 bridgehead atoms. The highest BCUT2D eigenvalue weighted by atomic mass is 35.5. The predicted octanol–water partition coefficient (Wildman–Crippen LogP) is 4.42. The van der Waals surface area contributed by atoms with E-state index in [-0.39, 0.29) is 0 Å². The summed E-state index contributed by atoms with van der Waals surface area (Å²) in [6.07, 6.45) is 0.768. The van der Waals surface area contributed by atoms with E-state index >= 15 is 0 Å². The molecule has 102 valence electrons. The van der Waals surface area contributed by atoms with Crippen molar-refractivity contribution in [3.05, 3.63) is 59.4 Å². The number of fused-ring (bicyclic) bond motifs is 1. The van der Waals surface area contributed by atoms with Crippen molar-refractivity contribution in [2.45, 2.75) is 20.3 Å². The molecule has 0 unspecified atom stereocenters. The van der Waals surface area contributed by atoms with Gasteiger partial charge in [-0.1, -0.05) is 30.3 Å². The number of benzene rings is 2. The van der Waals surface area contributed by atoms with Gasteiger partial charge in [0.25, 0.3) is 0 Å². The molecule has 3 heteroatoms. The summed E-state index contributed by atoms with van der Waals surface area (Å²) >= 11 is 5.95. The number of rotatable bonds is 3. The Hall–Kier alpha value is -1.80. The average molecular weight is 285 g/mol. The third-order valence-electron chi connectivity index (χ3n) is 3.62. The average Bonchev–Trinajstić information content (AvgIpc) is 2.79. The van der Waals surface area contributed by atoms with Crippen LogP contribution in [0.25, 0.3) is 16.7 Å². The van der Waals surface area contributed by atoms with Gasteiger partial charge in [-0.05, 0) is 37.1 Å². The van der Waals surface area contributed by atoms with Crippen LogP contribution in [0.15, 0.2) is 42.5 Å². The van der Waals surface area contributed by atoms with E-state index in [1.54, 1.807) is 0 Å². The van der Waals surface area contributed by atoms with Crippen LogP contribution in [0, 0.1) is 13.8 Å². The first-order valence-electron chi connectivity index (χ1n) is 6.81. The Balaban J connectivity index is 2.37. The molecule has 1 heterocycles. The van der Waals surface area contributed by atoms with Crippen molar-refractivity contribution in [3.8, 4) is 5.69 Å². The van der Waals surface area contributed by atoms with Gasteiger partial charge in [0.05, 0.1) is 16.7 Å². The molecular formula is C17H17ClN2. The topological polar surface area (TPSA) is 17.8 Å². The maximum atomic E-state index is 5.95. The molecular weight excluding hydrogens is 268 g/mol. The second-order valence-corrected chi connectivity index (χ2v) is 5.41. The smallest absolute Gasteiger partial charge is 0.115 e. The highest BCUT2D eigenvalue weighted by Crippen LogP contribution is 2.26. The Morgan fingerprint density at radius 1 is 1.00 bits per heavy atom. The quantitative estimate of drug-likeness (QED) is 0.651. The van der Waals surface area contributed by atoms with Gasteiger partial charge in [0.15, 0.2) is 0 Å². The molecule has 0 atom stereocenters. The van der Waals surface area contributed by atoms with Gasteiger partial charge in [-0.2, -0.15) is 0 Å². The van der Waals surface area contributed by atoms with Gasteiger partial charge in [-0.25, -0.2) is 4.98 Å². The summed E-state index contributed by atoms with van der Waals surface area (Å²) in [7, 11) is 0. The first-order chi connectivity index (χ1) is 9.72. The molecule has 2 aromatic carbocycles. The number of para-hydroxylation sites is 2. The molecule has 3 aromatic rings. The fourth-order valence-corrected chi connectivity index (χ4v) is 2.84. The molecule has 0 N–H and O–H groups in total. The van der Waals surface area contributed by atoms with Gasteiger partial charge in [0.1, 0.15) is 5.82 Å². The Morgan fingerprint density at radius 2 is 1.75 bits per heavy atom. The van der Waals surface area contributed by atoms with Crippen LogP contribution >= 0.6 is 11.6 Å². The molecule has 0 aliphatic carbocycles. The molecule has 0 aliphatic heterocycles. The first kappa shape index (κ1) is 13.2. The predicted molar refractivity (Wildman–Crippen MR) is 85.0 cm³/mol. The zero-order valence-corrected chi connectivity index (χ0v) is 12.5. The molecule has 0 saturated carbocycles. The summed E-state index contributed by atoms with van der Waals surface area (Å²) in [5, 5.41) is 0. The summed E-state index contributed by atoms with van der Waals surface area (Å²) in [6.45, 7) is 4.26. The highest BCUT2D eigenvalue weighted by molar-refractivity contribution is 6.17. The second-order valence-electron chi connectivity index (χ2n) is 5.03. The van der Waals surface area contributed by atoms with E-state index in [4.69, 9.17) is 16.6 Å². The standard InChI is InChI=1S/C17H17ClN2/c1-12-6-3-4-9-15(12)20-16(10-11-18)19-14-8-5-7-13(2)17(14)20/h3-9H,10-11H2,1-2H3. The number of alkyl halides is 1. The molecule has 0 aliphatic rings. The van der Waals surface area contributed by atoms with E-state index in [0.717, 1.165) is 17.8 Å². The van der Waals surface area contributed by atoms with Crippen LogP contribution < -0.4 is 0 Å². The van der Waals surface area contributed by atoms with Crippen molar-refractivity contribution in [3.63, 3.8) is 0 Å². The van der Waals surface area contributed by atoms with Crippen LogP contribution in [0.3, 0.4) is 0 Å². The van der Waals surface area contributed by atoms with Crippen LogP contribution in [0.2, 0.25) is 0 Å². The molecule has 0 fully saturated rings. The van der Waals surface area contributed by atoms with Crippen LogP contribution in [-0.2, 0) is 6.42 Å². The van der Waals surface area contributed by atoms with Gasteiger partial charge in [-0.3, -0.25) is 4.57 Å².